The first kappa shape index (κ1) is 17.5. The van der Waals surface area contributed by atoms with Gasteiger partial charge in [-0.1, -0.05) is 18.9 Å². The van der Waals surface area contributed by atoms with Crippen molar-refractivity contribution in [2.45, 2.75) is 45.6 Å². The summed E-state index contributed by atoms with van der Waals surface area (Å²) in [4.78, 5) is 13.6. The molecule has 1 saturated carbocycles. The Morgan fingerprint density at radius 2 is 1.59 bits per heavy atom. The number of pyridine rings is 1. The maximum atomic E-state index is 4.75. The van der Waals surface area contributed by atoms with Gasteiger partial charge in [0.15, 0.2) is 0 Å². The van der Waals surface area contributed by atoms with Gasteiger partial charge in [-0.2, -0.15) is 4.98 Å². The minimum atomic E-state index is 0.465. The van der Waals surface area contributed by atoms with Crippen LogP contribution >= 0.6 is 0 Å². The van der Waals surface area contributed by atoms with Crippen molar-refractivity contribution in [2.24, 2.45) is 0 Å². The topological polar surface area (TPSA) is 62.7 Å². The highest BCUT2D eigenvalue weighted by Gasteiger charge is 2.17. The Kier molecular flexibility index (Phi) is 5.01. The number of benzene rings is 1. The molecule has 0 saturated heterocycles. The molecule has 0 bridgehead atoms. The summed E-state index contributed by atoms with van der Waals surface area (Å²) >= 11 is 0. The molecule has 1 aliphatic carbocycles. The van der Waals surface area contributed by atoms with Crippen molar-refractivity contribution in [2.75, 3.05) is 10.6 Å². The average Bonchev–Trinajstić information content (AvgIpc) is 3.14. The van der Waals surface area contributed by atoms with E-state index in [0.29, 0.717) is 12.0 Å². The van der Waals surface area contributed by atoms with Gasteiger partial charge in [0, 0.05) is 35.8 Å². The Balaban J connectivity index is 1.68. The van der Waals surface area contributed by atoms with Gasteiger partial charge in [-0.25, -0.2) is 4.98 Å². The minimum Gasteiger partial charge on any atom is -0.351 e. The number of anilines is 3. The predicted molar refractivity (Wildman–Crippen MR) is 110 cm³/mol. The summed E-state index contributed by atoms with van der Waals surface area (Å²) in [5.74, 6) is 1.48. The second-order valence-corrected chi connectivity index (χ2v) is 7.33. The van der Waals surface area contributed by atoms with Gasteiger partial charge in [0.05, 0.1) is 5.69 Å². The molecule has 5 nitrogen and oxygen atoms in total. The standard InChI is InChI=1S/C22H25N5/c1-15-11-16(2)13-19(12-15)24-21-14-20(17-7-9-23-10-8-17)26-22(27-21)25-18-5-3-4-6-18/h7-14,18H,3-6H2,1-2H3,(H2,24,25,26,27). The number of nitrogens with zero attached hydrogens (tertiary/aromatic N) is 3. The quantitative estimate of drug-likeness (QED) is 0.651. The van der Waals surface area contributed by atoms with Crippen molar-refractivity contribution in [3.63, 3.8) is 0 Å². The second kappa shape index (κ2) is 7.74. The Bertz CT molecular complexity index is 897. The van der Waals surface area contributed by atoms with Crippen LogP contribution in [0, 0.1) is 13.8 Å². The zero-order valence-corrected chi connectivity index (χ0v) is 15.9. The predicted octanol–water partition coefficient (Wildman–Crippen LogP) is 5.25. The molecule has 0 atom stereocenters. The molecule has 0 spiro atoms. The highest BCUT2D eigenvalue weighted by atomic mass is 15.2. The van der Waals surface area contributed by atoms with Gasteiger partial charge in [-0.15, -0.1) is 0 Å². The molecular weight excluding hydrogens is 334 g/mol. The van der Waals surface area contributed by atoms with Crippen LogP contribution in [0.5, 0.6) is 0 Å². The first-order valence-corrected chi connectivity index (χ1v) is 9.57. The van der Waals surface area contributed by atoms with Gasteiger partial charge < -0.3 is 10.6 Å². The lowest BCUT2D eigenvalue weighted by Gasteiger charge is -2.15. The Hall–Kier alpha value is -2.95. The Morgan fingerprint density at radius 1 is 0.889 bits per heavy atom. The van der Waals surface area contributed by atoms with Crippen molar-refractivity contribution < 1.29 is 0 Å². The largest absolute Gasteiger partial charge is 0.351 e. The van der Waals surface area contributed by atoms with Crippen molar-refractivity contribution in [1.82, 2.24) is 15.0 Å². The molecule has 1 fully saturated rings. The monoisotopic (exact) mass is 359 g/mol. The molecule has 0 unspecified atom stereocenters. The van der Waals surface area contributed by atoms with E-state index in [0.717, 1.165) is 22.8 Å². The minimum absolute atomic E-state index is 0.465. The zero-order valence-electron chi connectivity index (χ0n) is 15.9. The lowest BCUT2D eigenvalue weighted by Crippen LogP contribution is -2.17. The summed E-state index contributed by atoms with van der Waals surface area (Å²) in [7, 11) is 0. The Labute approximate surface area is 160 Å². The lowest BCUT2D eigenvalue weighted by atomic mass is 10.1. The molecule has 3 aromatic rings. The molecule has 27 heavy (non-hydrogen) atoms. The molecule has 0 aliphatic heterocycles. The van der Waals surface area contributed by atoms with Crippen LogP contribution in [0.15, 0.2) is 48.8 Å². The molecule has 0 radical (unpaired) electrons. The highest BCUT2D eigenvalue weighted by Crippen LogP contribution is 2.26. The van der Waals surface area contributed by atoms with Crippen LogP contribution in [-0.4, -0.2) is 21.0 Å². The first-order chi connectivity index (χ1) is 13.2. The number of nitrogens with one attached hydrogen (secondary N) is 2. The van der Waals surface area contributed by atoms with E-state index in [1.807, 2.05) is 18.2 Å². The molecule has 2 N–H and O–H groups in total. The number of hydrogen-bond acceptors (Lipinski definition) is 5. The van der Waals surface area contributed by atoms with E-state index in [4.69, 9.17) is 9.97 Å². The Morgan fingerprint density at radius 3 is 2.30 bits per heavy atom. The van der Waals surface area contributed by atoms with Gasteiger partial charge in [0.1, 0.15) is 5.82 Å². The van der Waals surface area contributed by atoms with E-state index in [1.165, 1.54) is 36.8 Å². The summed E-state index contributed by atoms with van der Waals surface area (Å²) in [5, 5.41) is 6.98. The zero-order chi connectivity index (χ0) is 18.6. The summed E-state index contributed by atoms with van der Waals surface area (Å²) < 4.78 is 0. The van der Waals surface area contributed by atoms with Gasteiger partial charge in [-0.3, -0.25) is 4.98 Å². The van der Waals surface area contributed by atoms with Gasteiger partial charge in [-0.05, 0) is 62.1 Å². The van der Waals surface area contributed by atoms with Crippen molar-refractivity contribution in [3.8, 4) is 11.3 Å². The van der Waals surface area contributed by atoms with Crippen LogP contribution in [0.3, 0.4) is 0 Å². The third-order valence-corrected chi connectivity index (χ3v) is 4.88. The van der Waals surface area contributed by atoms with Gasteiger partial charge in [0.2, 0.25) is 5.95 Å². The number of rotatable bonds is 5. The second-order valence-electron chi connectivity index (χ2n) is 7.33. The van der Waals surface area contributed by atoms with Crippen LogP contribution in [0.2, 0.25) is 0 Å². The number of aryl methyl sites for hydroxylation is 2. The molecule has 1 aromatic carbocycles. The average molecular weight is 359 g/mol. The SMILES string of the molecule is Cc1cc(C)cc(Nc2cc(-c3ccncc3)nc(NC3CCCC3)n2)c1. The number of hydrogen-bond donors (Lipinski definition) is 2. The van der Waals surface area contributed by atoms with Crippen LogP contribution in [0.1, 0.15) is 36.8 Å². The molecular formula is C22H25N5. The van der Waals surface area contributed by atoms with Gasteiger partial charge >= 0.3 is 0 Å². The summed E-state index contributed by atoms with van der Waals surface area (Å²) in [6.45, 7) is 4.21. The van der Waals surface area contributed by atoms with E-state index < -0.39 is 0 Å². The molecule has 2 aromatic heterocycles. The number of aromatic nitrogens is 3. The van der Waals surface area contributed by atoms with E-state index >= 15 is 0 Å². The molecule has 0 amide bonds. The summed E-state index contributed by atoms with van der Waals surface area (Å²) in [6.07, 6.45) is 8.49. The molecule has 5 heteroatoms. The van der Waals surface area contributed by atoms with Crippen molar-refractivity contribution in [1.29, 1.82) is 0 Å². The van der Waals surface area contributed by atoms with Crippen LogP contribution < -0.4 is 10.6 Å². The fourth-order valence-corrected chi connectivity index (χ4v) is 3.69. The maximum absolute atomic E-state index is 4.75. The summed E-state index contributed by atoms with van der Waals surface area (Å²) in [6, 6.07) is 12.8. The lowest BCUT2D eigenvalue weighted by molar-refractivity contribution is 0.744. The van der Waals surface area contributed by atoms with Crippen LogP contribution in [-0.2, 0) is 0 Å². The fraction of sp³-hybridized carbons (Fsp3) is 0.318. The first-order valence-electron chi connectivity index (χ1n) is 9.57. The van der Waals surface area contributed by atoms with Crippen molar-refractivity contribution in [3.05, 3.63) is 59.9 Å². The maximum Gasteiger partial charge on any atom is 0.225 e. The molecule has 138 valence electrons. The summed E-state index contributed by atoms with van der Waals surface area (Å²) in [5.41, 5.74) is 5.42. The van der Waals surface area contributed by atoms with E-state index in [2.05, 4.69) is 47.7 Å². The van der Waals surface area contributed by atoms with Crippen molar-refractivity contribution >= 4 is 17.5 Å². The van der Waals surface area contributed by atoms with E-state index in [9.17, 15) is 0 Å². The molecule has 2 heterocycles. The smallest absolute Gasteiger partial charge is 0.225 e. The van der Waals surface area contributed by atoms with Gasteiger partial charge in [0.25, 0.3) is 0 Å². The highest BCUT2D eigenvalue weighted by molar-refractivity contribution is 5.67. The molecule has 1 aliphatic rings. The molecule has 4 rings (SSSR count). The third kappa shape index (κ3) is 4.42. The van der Waals surface area contributed by atoms with Crippen LogP contribution in [0.4, 0.5) is 17.5 Å². The third-order valence-electron chi connectivity index (χ3n) is 4.88. The van der Waals surface area contributed by atoms with E-state index in [-0.39, 0.29) is 0 Å². The fourth-order valence-electron chi connectivity index (χ4n) is 3.69. The van der Waals surface area contributed by atoms with E-state index in [1.54, 1.807) is 12.4 Å². The normalized spacial score (nSPS) is 14.3. The van der Waals surface area contributed by atoms with Crippen LogP contribution in [0.25, 0.3) is 11.3 Å².